The van der Waals surface area contributed by atoms with E-state index in [2.05, 4.69) is 10.6 Å². The fourth-order valence-corrected chi connectivity index (χ4v) is 3.28. The van der Waals surface area contributed by atoms with E-state index in [4.69, 9.17) is 9.47 Å². The predicted molar refractivity (Wildman–Crippen MR) is 85.1 cm³/mol. The molecule has 116 valence electrons. The van der Waals surface area contributed by atoms with E-state index in [-0.39, 0.29) is 11.9 Å². The molecule has 0 radical (unpaired) electrons. The molecule has 1 fully saturated rings. The molecular formula is C15H22N2O3S. The molecule has 5 nitrogen and oxygen atoms in total. The molecule has 0 aliphatic carbocycles. The summed E-state index contributed by atoms with van der Waals surface area (Å²) in [5.74, 6) is 3.52. The maximum Gasteiger partial charge on any atom is 0.221 e. The molecule has 2 rings (SSSR count). The molecule has 1 saturated heterocycles. The topological polar surface area (TPSA) is 59.6 Å². The summed E-state index contributed by atoms with van der Waals surface area (Å²) in [6, 6.07) is 5.93. The van der Waals surface area contributed by atoms with E-state index in [1.165, 1.54) is 0 Å². The first-order valence-corrected chi connectivity index (χ1v) is 8.17. The standard InChI is InChI=1S/C15H22N2O3S/c1-19-13-5-3-4-11(15(13)20-2)9-17-14(18)8-12-10-21-7-6-16-12/h3-5,12,16H,6-10H2,1-2H3,(H,17,18). The summed E-state index contributed by atoms with van der Waals surface area (Å²) in [7, 11) is 3.21. The van der Waals surface area contributed by atoms with Crippen LogP contribution in [0, 0.1) is 0 Å². The molecule has 1 aliphatic heterocycles. The van der Waals surface area contributed by atoms with E-state index < -0.39 is 0 Å². The molecule has 21 heavy (non-hydrogen) atoms. The highest BCUT2D eigenvalue weighted by atomic mass is 32.2. The first kappa shape index (κ1) is 16.0. The largest absolute Gasteiger partial charge is 0.493 e. The Bertz CT molecular complexity index is 476. The summed E-state index contributed by atoms with van der Waals surface area (Å²) in [6.45, 7) is 1.42. The molecule has 1 unspecified atom stereocenters. The van der Waals surface area contributed by atoms with Crippen LogP contribution in [-0.4, -0.2) is 44.2 Å². The third-order valence-corrected chi connectivity index (χ3v) is 4.52. The van der Waals surface area contributed by atoms with E-state index in [0.29, 0.717) is 24.5 Å². The highest BCUT2D eigenvalue weighted by molar-refractivity contribution is 7.99. The zero-order valence-corrected chi connectivity index (χ0v) is 13.3. The molecule has 1 amide bonds. The Balaban J connectivity index is 1.88. The van der Waals surface area contributed by atoms with Crippen LogP contribution in [0.2, 0.25) is 0 Å². The van der Waals surface area contributed by atoms with Crippen molar-refractivity contribution in [2.75, 3.05) is 32.3 Å². The van der Waals surface area contributed by atoms with Gasteiger partial charge in [-0.05, 0) is 6.07 Å². The number of hydrogen-bond acceptors (Lipinski definition) is 5. The number of ether oxygens (including phenoxy) is 2. The van der Waals surface area contributed by atoms with E-state index in [1.54, 1.807) is 14.2 Å². The van der Waals surface area contributed by atoms with Crippen LogP contribution < -0.4 is 20.1 Å². The maximum absolute atomic E-state index is 12.0. The average Bonchev–Trinajstić information content (AvgIpc) is 2.53. The predicted octanol–water partition coefficient (Wildman–Crippen LogP) is 1.42. The quantitative estimate of drug-likeness (QED) is 0.832. The number of para-hydroxylation sites is 1. The summed E-state index contributed by atoms with van der Waals surface area (Å²) < 4.78 is 10.6. The van der Waals surface area contributed by atoms with Gasteiger partial charge in [-0.2, -0.15) is 11.8 Å². The number of amides is 1. The lowest BCUT2D eigenvalue weighted by Gasteiger charge is -2.22. The smallest absolute Gasteiger partial charge is 0.221 e. The van der Waals surface area contributed by atoms with Gasteiger partial charge >= 0.3 is 0 Å². The molecule has 0 saturated carbocycles. The van der Waals surface area contributed by atoms with E-state index in [1.807, 2.05) is 30.0 Å². The second-order valence-corrected chi connectivity index (χ2v) is 6.01. The average molecular weight is 310 g/mol. The first-order chi connectivity index (χ1) is 10.2. The minimum absolute atomic E-state index is 0.0554. The number of carbonyl (C=O) groups is 1. The minimum Gasteiger partial charge on any atom is -0.493 e. The molecule has 1 heterocycles. The Morgan fingerprint density at radius 3 is 2.95 bits per heavy atom. The molecule has 2 N–H and O–H groups in total. The summed E-state index contributed by atoms with van der Waals surface area (Å²) in [6.07, 6.45) is 0.513. The van der Waals surface area contributed by atoms with Crippen LogP contribution in [0.25, 0.3) is 0 Å². The number of benzene rings is 1. The second-order valence-electron chi connectivity index (χ2n) is 4.86. The van der Waals surface area contributed by atoms with Gasteiger partial charge in [0.2, 0.25) is 5.91 Å². The number of rotatable bonds is 6. The van der Waals surface area contributed by atoms with Crippen molar-refractivity contribution in [3.8, 4) is 11.5 Å². The van der Waals surface area contributed by atoms with Gasteiger partial charge in [0.05, 0.1) is 14.2 Å². The van der Waals surface area contributed by atoms with Gasteiger partial charge in [-0.25, -0.2) is 0 Å². The van der Waals surface area contributed by atoms with Crippen LogP contribution in [0.4, 0.5) is 0 Å². The number of nitrogens with one attached hydrogen (secondary N) is 2. The van der Waals surface area contributed by atoms with Crippen molar-refractivity contribution in [3.63, 3.8) is 0 Å². The van der Waals surface area contributed by atoms with Crippen LogP contribution in [0.1, 0.15) is 12.0 Å². The lowest BCUT2D eigenvalue weighted by molar-refractivity contribution is -0.121. The van der Waals surface area contributed by atoms with Gasteiger partial charge in [0.1, 0.15) is 0 Å². The Morgan fingerprint density at radius 1 is 1.43 bits per heavy atom. The van der Waals surface area contributed by atoms with Crippen molar-refractivity contribution >= 4 is 17.7 Å². The van der Waals surface area contributed by atoms with E-state index in [0.717, 1.165) is 23.6 Å². The van der Waals surface area contributed by atoms with Gasteiger partial charge in [-0.1, -0.05) is 12.1 Å². The molecule has 0 spiro atoms. The Kier molecular flexibility index (Phi) is 6.20. The van der Waals surface area contributed by atoms with Crippen molar-refractivity contribution in [1.29, 1.82) is 0 Å². The van der Waals surface area contributed by atoms with Crippen molar-refractivity contribution < 1.29 is 14.3 Å². The molecule has 0 aromatic heterocycles. The van der Waals surface area contributed by atoms with Crippen LogP contribution in [0.3, 0.4) is 0 Å². The third-order valence-electron chi connectivity index (χ3n) is 3.39. The fourth-order valence-electron chi connectivity index (χ4n) is 2.33. The Labute approximate surface area is 129 Å². The number of methoxy groups -OCH3 is 2. The maximum atomic E-state index is 12.0. The summed E-state index contributed by atoms with van der Waals surface area (Å²) in [5, 5.41) is 6.31. The lowest BCUT2D eigenvalue weighted by atomic mass is 10.1. The van der Waals surface area contributed by atoms with E-state index >= 15 is 0 Å². The van der Waals surface area contributed by atoms with Crippen LogP contribution >= 0.6 is 11.8 Å². The highest BCUT2D eigenvalue weighted by Gasteiger charge is 2.17. The van der Waals surface area contributed by atoms with Crippen molar-refractivity contribution in [2.45, 2.75) is 19.0 Å². The molecule has 6 heteroatoms. The van der Waals surface area contributed by atoms with E-state index in [9.17, 15) is 4.79 Å². The number of carbonyl (C=O) groups excluding carboxylic acids is 1. The summed E-state index contributed by atoms with van der Waals surface area (Å²) >= 11 is 1.89. The van der Waals surface area contributed by atoms with Crippen molar-refractivity contribution in [3.05, 3.63) is 23.8 Å². The molecule has 1 aliphatic rings. The molecular weight excluding hydrogens is 288 g/mol. The summed E-state index contributed by atoms with van der Waals surface area (Å²) in [4.78, 5) is 12.0. The number of thioether (sulfide) groups is 1. The zero-order chi connectivity index (χ0) is 15.1. The van der Waals surface area contributed by atoms with Gasteiger partial charge in [-0.15, -0.1) is 0 Å². The zero-order valence-electron chi connectivity index (χ0n) is 12.5. The monoisotopic (exact) mass is 310 g/mol. The van der Waals surface area contributed by atoms with Crippen molar-refractivity contribution in [1.82, 2.24) is 10.6 Å². The fraction of sp³-hybridized carbons (Fsp3) is 0.533. The van der Waals surface area contributed by atoms with Gasteiger partial charge < -0.3 is 20.1 Å². The normalized spacial score (nSPS) is 18.1. The van der Waals surface area contributed by atoms with Gasteiger partial charge in [0.25, 0.3) is 0 Å². The first-order valence-electron chi connectivity index (χ1n) is 7.02. The third kappa shape index (κ3) is 4.54. The second kappa shape index (κ2) is 8.14. The Hall–Kier alpha value is -1.40. The van der Waals surface area contributed by atoms with Gasteiger partial charge in [0.15, 0.2) is 11.5 Å². The molecule has 1 aromatic carbocycles. The van der Waals surface area contributed by atoms with Crippen LogP contribution in [0.5, 0.6) is 11.5 Å². The highest BCUT2D eigenvalue weighted by Crippen LogP contribution is 2.30. The number of hydrogen-bond donors (Lipinski definition) is 2. The molecule has 1 aromatic rings. The van der Waals surface area contributed by atoms with Gasteiger partial charge in [-0.3, -0.25) is 4.79 Å². The van der Waals surface area contributed by atoms with Crippen LogP contribution in [0.15, 0.2) is 18.2 Å². The Morgan fingerprint density at radius 2 is 2.29 bits per heavy atom. The molecule has 1 atom stereocenters. The van der Waals surface area contributed by atoms with Crippen molar-refractivity contribution in [2.24, 2.45) is 0 Å². The molecule has 0 bridgehead atoms. The van der Waals surface area contributed by atoms with Crippen LogP contribution in [-0.2, 0) is 11.3 Å². The van der Waals surface area contributed by atoms with Gasteiger partial charge in [0, 0.05) is 42.6 Å². The summed E-state index contributed by atoms with van der Waals surface area (Å²) in [5.41, 5.74) is 0.913. The lowest BCUT2D eigenvalue weighted by Crippen LogP contribution is -2.41. The SMILES string of the molecule is COc1cccc(CNC(=O)CC2CSCCN2)c1OC. The minimum atomic E-state index is 0.0554.